The maximum atomic E-state index is 10.4. The van der Waals surface area contributed by atoms with Crippen LogP contribution in [0.4, 0.5) is 0 Å². The zero-order chi connectivity index (χ0) is 6.15. The van der Waals surface area contributed by atoms with Crippen LogP contribution in [0.1, 0.15) is 6.92 Å². The number of esters is 1. The maximum absolute atomic E-state index is 10.4. The first-order chi connectivity index (χ1) is 3.72. The molecule has 8 heavy (non-hydrogen) atoms. The molecule has 0 unspecified atom stereocenters. The van der Waals surface area contributed by atoms with Crippen molar-refractivity contribution in [3.8, 4) is 0 Å². The number of hydrogen-bond donors (Lipinski definition) is 1. The van der Waals surface area contributed by atoms with Crippen LogP contribution in [0.3, 0.4) is 0 Å². The van der Waals surface area contributed by atoms with E-state index in [-0.39, 0.29) is 17.9 Å². The van der Waals surface area contributed by atoms with E-state index >= 15 is 0 Å². The van der Waals surface area contributed by atoms with Gasteiger partial charge >= 0.3 is 5.97 Å². The van der Waals surface area contributed by atoms with Gasteiger partial charge in [0.2, 0.25) is 0 Å². The summed E-state index contributed by atoms with van der Waals surface area (Å²) in [6.07, 6.45) is 0. The summed E-state index contributed by atoms with van der Waals surface area (Å²) < 4.78 is 4.61. The van der Waals surface area contributed by atoms with E-state index in [1.54, 1.807) is 0 Å². The number of ether oxygens (including phenoxy) is 1. The summed E-state index contributed by atoms with van der Waals surface area (Å²) in [6, 6.07) is -0.380. The lowest BCUT2D eigenvalue weighted by atomic mass is 10.1. The van der Waals surface area contributed by atoms with Crippen LogP contribution in [0.2, 0.25) is 0 Å². The van der Waals surface area contributed by atoms with Crippen molar-refractivity contribution in [1.29, 1.82) is 0 Å². The van der Waals surface area contributed by atoms with Gasteiger partial charge in [0, 0.05) is 5.92 Å². The fourth-order valence-corrected chi connectivity index (χ4v) is 0.646. The second-order valence-corrected chi connectivity index (χ2v) is 2.13. The summed E-state index contributed by atoms with van der Waals surface area (Å²) in [6.45, 7) is 2.38. The Labute approximate surface area is 47.8 Å². The first-order valence-corrected chi connectivity index (χ1v) is 2.64. The maximum Gasteiger partial charge on any atom is 0.323 e. The minimum absolute atomic E-state index is 0.197. The molecule has 1 aliphatic heterocycles. The van der Waals surface area contributed by atoms with Crippen molar-refractivity contribution in [2.75, 3.05) is 6.61 Å². The first-order valence-electron chi connectivity index (χ1n) is 2.64. The SMILES string of the molecule is C[C@@H]1COC(=O)[C@@H]1N. The van der Waals surface area contributed by atoms with Crippen LogP contribution in [0, 0.1) is 5.92 Å². The van der Waals surface area contributed by atoms with E-state index in [0.717, 1.165) is 0 Å². The molecule has 0 aromatic heterocycles. The molecule has 2 atom stereocenters. The van der Waals surface area contributed by atoms with Gasteiger partial charge in [-0.25, -0.2) is 0 Å². The smallest absolute Gasteiger partial charge is 0.323 e. The molecule has 1 aliphatic rings. The summed E-state index contributed by atoms with van der Waals surface area (Å²) in [5.74, 6) is -0.0694. The second kappa shape index (κ2) is 1.74. The van der Waals surface area contributed by atoms with Gasteiger partial charge in [0.25, 0.3) is 0 Å². The first kappa shape index (κ1) is 5.56. The Bertz CT molecular complexity index is 113. The van der Waals surface area contributed by atoms with Crippen molar-refractivity contribution < 1.29 is 9.53 Å². The van der Waals surface area contributed by atoms with Crippen LogP contribution in [0.25, 0.3) is 0 Å². The standard InChI is InChI=1S/C5H9NO2/c1-3-2-8-5(7)4(3)6/h3-4H,2,6H2,1H3/t3-,4-/m1/s1. The Morgan fingerprint density at radius 3 is 2.62 bits per heavy atom. The molecular weight excluding hydrogens is 106 g/mol. The third-order valence-electron chi connectivity index (χ3n) is 1.37. The van der Waals surface area contributed by atoms with Crippen molar-refractivity contribution in [2.24, 2.45) is 11.7 Å². The molecular formula is C5H9NO2. The molecule has 0 bridgehead atoms. The molecule has 0 spiro atoms. The molecule has 0 saturated carbocycles. The topological polar surface area (TPSA) is 52.3 Å². The predicted octanol–water partition coefficient (Wildman–Crippen LogP) is -0.493. The summed E-state index contributed by atoms with van der Waals surface area (Å²) in [7, 11) is 0. The van der Waals surface area contributed by atoms with E-state index in [1.807, 2.05) is 6.92 Å². The Balaban J connectivity index is 2.56. The minimum Gasteiger partial charge on any atom is -0.464 e. The zero-order valence-corrected chi connectivity index (χ0v) is 4.76. The van der Waals surface area contributed by atoms with Gasteiger partial charge in [-0.2, -0.15) is 0 Å². The Morgan fingerprint density at radius 2 is 2.50 bits per heavy atom. The highest BCUT2D eigenvalue weighted by Crippen LogP contribution is 2.10. The monoisotopic (exact) mass is 115 g/mol. The molecule has 1 fully saturated rings. The number of nitrogens with two attached hydrogens (primary N) is 1. The highest BCUT2D eigenvalue weighted by atomic mass is 16.5. The van der Waals surface area contributed by atoms with Crippen LogP contribution < -0.4 is 5.73 Å². The lowest BCUT2D eigenvalue weighted by Gasteiger charge is -1.98. The molecule has 1 saturated heterocycles. The highest BCUT2D eigenvalue weighted by Gasteiger charge is 2.29. The van der Waals surface area contributed by atoms with E-state index in [0.29, 0.717) is 6.61 Å². The van der Waals surface area contributed by atoms with E-state index in [9.17, 15) is 4.79 Å². The van der Waals surface area contributed by atoms with Crippen LogP contribution in [-0.4, -0.2) is 18.6 Å². The number of hydrogen-bond acceptors (Lipinski definition) is 3. The summed E-state index contributed by atoms with van der Waals surface area (Å²) in [4.78, 5) is 10.4. The number of rotatable bonds is 0. The van der Waals surface area contributed by atoms with Crippen molar-refractivity contribution in [1.82, 2.24) is 0 Å². The van der Waals surface area contributed by atoms with E-state index in [2.05, 4.69) is 4.74 Å². The average Bonchev–Trinajstić information content (AvgIpc) is 1.98. The van der Waals surface area contributed by atoms with Gasteiger partial charge in [-0.3, -0.25) is 4.79 Å². The lowest BCUT2D eigenvalue weighted by Crippen LogP contribution is -2.30. The molecule has 3 nitrogen and oxygen atoms in total. The molecule has 0 radical (unpaired) electrons. The molecule has 3 heteroatoms. The fraction of sp³-hybridized carbons (Fsp3) is 0.800. The van der Waals surface area contributed by atoms with Gasteiger partial charge in [-0.05, 0) is 0 Å². The van der Waals surface area contributed by atoms with Crippen molar-refractivity contribution >= 4 is 5.97 Å². The fourth-order valence-electron chi connectivity index (χ4n) is 0.646. The number of cyclic esters (lactones) is 1. The van der Waals surface area contributed by atoms with Gasteiger partial charge < -0.3 is 10.5 Å². The molecule has 1 heterocycles. The molecule has 0 amide bonds. The highest BCUT2D eigenvalue weighted by molar-refractivity contribution is 5.77. The lowest BCUT2D eigenvalue weighted by molar-refractivity contribution is -0.139. The predicted molar refractivity (Wildman–Crippen MR) is 28.1 cm³/mol. The van der Waals surface area contributed by atoms with Gasteiger partial charge in [-0.15, -0.1) is 0 Å². The summed E-state index contributed by atoms with van der Waals surface area (Å²) in [5.41, 5.74) is 5.35. The van der Waals surface area contributed by atoms with Gasteiger partial charge in [0.15, 0.2) is 0 Å². The Morgan fingerprint density at radius 1 is 1.88 bits per heavy atom. The summed E-state index contributed by atoms with van der Waals surface area (Å²) in [5, 5.41) is 0. The van der Waals surface area contributed by atoms with Crippen LogP contribution in [0.15, 0.2) is 0 Å². The number of carbonyl (C=O) groups is 1. The van der Waals surface area contributed by atoms with Gasteiger partial charge in [-0.1, -0.05) is 6.92 Å². The largest absolute Gasteiger partial charge is 0.464 e. The van der Waals surface area contributed by atoms with Gasteiger partial charge in [0.05, 0.1) is 6.61 Å². The molecule has 46 valence electrons. The molecule has 0 aliphatic carbocycles. The molecule has 0 aromatic carbocycles. The Hall–Kier alpha value is -0.570. The van der Waals surface area contributed by atoms with E-state index < -0.39 is 0 Å². The van der Waals surface area contributed by atoms with Crippen molar-refractivity contribution in [2.45, 2.75) is 13.0 Å². The molecule has 1 rings (SSSR count). The van der Waals surface area contributed by atoms with Crippen LogP contribution >= 0.6 is 0 Å². The molecule has 0 aromatic rings. The van der Waals surface area contributed by atoms with Crippen LogP contribution in [0.5, 0.6) is 0 Å². The van der Waals surface area contributed by atoms with E-state index in [4.69, 9.17) is 5.73 Å². The van der Waals surface area contributed by atoms with Crippen molar-refractivity contribution in [3.63, 3.8) is 0 Å². The second-order valence-electron chi connectivity index (χ2n) is 2.13. The zero-order valence-electron chi connectivity index (χ0n) is 4.76. The summed E-state index contributed by atoms with van der Waals surface area (Å²) >= 11 is 0. The van der Waals surface area contributed by atoms with Gasteiger partial charge in [0.1, 0.15) is 6.04 Å². The minimum atomic E-state index is -0.380. The normalized spacial score (nSPS) is 37.5. The molecule has 2 N–H and O–H groups in total. The van der Waals surface area contributed by atoms with Crippen LogP contribution in [-0.2, 0) is 9.53 Å². The third-order valence-corrected chi connectivity index (χ3v) is 1.37. The quantitative estimate of drug-likeness (QED) is 0.433. The average molecular weight is 115 g/mol. The van der Waals surface area contributed by atoms with E-state index in [1.165, 1.54) is 0 Å². The third kappa shape index (κ3) is 0.690. The number of carbonyl (C=O) groups excluding carboxylic acids is 1. The Kier molecular flexibility index (Phi) is 1.21. The van der Waals surface area contributed by atoms with Crippen molar-refractivity contribution in [3.05, 3.63) is 0 Å².